The van der Waals surface area contributed by atoms with Crippen LogP contribution < -0.4 is 10.2 Å². The van der Waals surface area contributed by atoms with Crippen LogP contribution in [0.3, 0.4) is 0 Å². The van der Waals surface area contributed by atoms with Gasteiger partial charge in [-0.25, -0.2) is 13.8 Å². The molecule has 3 heterocycles. The molecule has 182 valence electrons. The van der Waals surface area contributed by atoms with E-state index in [1.165, 1.54) is 23.9 Å². The molecule has 1 unspecified atom stereocenters. The van der Waals surface area contributed by atoms with Crippen LogP contribution in [0.15, 0.2) is 34.2 Å². The number of hydrogen-bond acceptors (Lipinski definition) is 7. The van der Waals surface area contributed by atoms with Gasteiger partial charge in [0.2, 0.25) is 6.35 Å². The van der Waals surface area contributed by atoms with Crippen LogP contribution in [0.2, 0.25) is 5.02 Å². The number of aliphatic hydroxyl groups excluding tert-OH is 1. The normalized spacial score (nSPS) is 26.7. The molecule has 0 amide bonds. The van der Waals surface area contributed by atoms with Gasteiger partial charge in [0.15, 0.2) is 0 Å². The van der Waals surface area contributed by atoms with Gasteiger partial charge in [-0.15, -0.1) is 11.8 Å². The Hall–Kier alpha value is -1.91. The Morgan fingerprint density at radius 1 is 1.15 bits per heavy atom. The van der Waals surface area contributed by atoms with Crippen molar-refractivity contribution in [1.82, 2.24) is 10.2 Å². The highest BCUT2D eigenvalue weighted by Gasteiger charge is 2.38. The predicted octanol–water partition coefficient (Wildman–Crippen LogP) is 3.93. The topological polar surface area (TPSA) is 60.3 Å². The molecule has 3 aliphatic rings. The quantitative estimate of drug-likeness (QED) is 0.641. The summed E-state index contributed by atoms with van der Waals surface area (Å²) in [6.45, 7) is 6.10. The zero-order valence-corrected chi connectivity index (χ0v) is 20.8. The molecule has 2 N–H and O–H groups in total. The molecule has 6 nitrogen and oxygen atoms in total. The van der Waals surface area contributed by atoms with E-state index in [1.807, 2.05) is 0 Å². The summed E-state index contributed by atoms with van der Waals surface area (Å²) in [6, 6.07) is 5.78. The van der Waals surface area contributed by atoms with Gasteiger partial charge in [0, 0.05) is 72.2 Å². The fourth-order valence-electron chi connectivity index (χ4n) is 5.05. The minimum atomic E-state index is -1.12. The number of amidine groups is 1. The molecule has 1 saturated heterocycles. The monoisotopic (exact) mass is 508 g/mol. The zero-order valence-electron chi connectivity index (χ0n) is 19.2. The van der Waals surface area contributed by atoms with E-state index in [2.05, 4.69) is 29.1 Å². The molecule has 0 bridgehead atoms. The van der Waals surface area contributed by atoms with Gasteiger partial charge in [0.25, 0.3) is 0 Å². The molecular weight excluding hydrogens is 482 g/mol. The number of thioether (sulfide) groups is 1. The van der Waals surface area contributed by atoms with Gasteiger partial charge in [-0.3, -0.25) is 0 Å². The number of halogens is 3. The van der Waals surface area contributed by atoms with E-state index in [9.17, 15) is 13.9 Å². The Bertz CT molecular complexity index is 1140. The molecule has 5 rings (SSSR count). The van der Waals surface area contributed by atoms with Crippen molar-refractivity contribution in [3.05, 3.63) is 46.5 Å². The number of ether oxygens (including phenoxy) is 1. The lowest BCUT2D eigenvalue weighted by molar-refractivity contribution is 0.106. The molecule has 10 heteroatoms. The summed E-state index contributed by atoms with van der Waals surface area (Å²) < 4.78 is 34.2. The maximum atomic E-state index is 14.9. The van der Waals surface area contributed by atoms with Crippen molar-refractivity contribution in [2.24, 2.45) is 4.99 Å². The van der Waals surface area contributed by atoms with Crippen LogP contribution in [0, 0.1) is 11.6 Å². The molecule has 4 atom stereocenters. The predicted molar refractivity (Wildman–Crippen MR) is 132 cm³/mol. The van der Waals surface area contributed by atoms with Crippen molar-refractivity contribution in [3.63, 3.8) is 0 Å². The summed E-state index contributed by atoms with van der Waals surface area (Å²) >= 11 is 8.31. The Morgan fingerprint density at radius 2 is 1.88 bits per heavy atom. The third-order valence-corrected chi connectivity index (χ3v) is 7.98. The van der Waals surface area contributed by atoms with E-state index in [0.717, 1.165) is 35.3 Å². The summed E-state index contributed by atoms with van der Waals surface area (Å²) in [7, 11) is 1.63. The van der Waals surface area contributed by atoms with Gasteiger partial charge < -0.3 is 25.0 Å². The van der Waals surface area contributed by atoms with Crippen molar-refractivity contribution < 1.29 is 18.6 Å². The lowest BCUT2D eigenvalue weighted by Crippen LogP contribution is -2.57. The number of aliphatic hydroxyl groups is 1. The summed E-state index contributed by atoms with van der Waals surface area (Å²) in [5.74, 6) is -0.0847. The van der Waals surface area contributed by atoms with E-state index in [4.69, 9.17) is 16.3 Å². The largest absolute Gasteiger partial charge is 0.379 e. The van der Waals surface area contributed by atoms with Crippen LogP contribution in [0.1, 0.15) is 19.4 Å². The fourth-order valence-corrected chi connectivity index (χ4v) is 6.73. The van der Waals surface area contributed by atoms with Crippen LogP contribution in [0.5, 0.6) is 0 Å². The fraction of sp³-hybridized carbons (Fsp3) is 0.458. The molecule has 0 aromatic heterocycles. The molecular formula is C24H27ClF2N4O2S. The van der Waals surface area contributed by atoms with Crippen LogP contribution in [0.25, 0.3) is 11.1 Å². The van der Waals surface area contributed by atoms with E-state index < -0.39 is 18.0 Å². The molecule has 34 heavy (non-hydrogen) atoms. The molecule has 2 aromatic rings. The van der Waals surface area contributed by atoms with Gasteiger partial charge in [-0.1, -0.05) is 11.6 Å². The second-order valence-electron chi connectivity index (χ2n) is 9.08. The van der Waals surface area contributed by atoms with Crippen LogP contribution >= 0.6 is 23.4 Å². The number of piperazine rings is 1. The van der Waals surface area contributed by atoms with Crippen molar-refractivity contribution in [3.8, 4) is 11.1 Å². The summed E-state index contributed by atoms with van der Waals surface area (Å²) in [5, 5.41) is 15.0. The highest BCUT2D eigenvalue weighted by atomic mass is 35.5. The first kappa shape index (κ1) is 23.8. The zero-order chi connectivity index (χ0) is 24.1. The molecule has 0 radical (unpaired) electrons. The Kier molecular flexibility index (Phi) is 6.50. The Labute approximate surface area is 206 Å². The van der Waals surface area contributed by atoms with Crippen LogP contribution in [0.4, 0.5) is 14.5 Å². The van der Waals surface area contributed by atoms with Gasteiger partial charge in [-0.2, -0.15) is 0 Å². The number of rotatable bonds is 2. The second-order valence-corrected chi connectivity index (χ2v) is 10.5. The number of aliphatic imine (C=N–C) groups is 1. The number of methoxy groups -OCH3 is 1. The van der Waals surface area contributed by atoms with Gasteiger partial charge in [0.05, 0.1) is 16.8 Å². The highest BCUT2D eigenvalue weighted by molar-refractivity contribution is 7.99. The summed E-state index contributed by atoms with van der Waals surface area (Å²) in [5.41, 5.74) is 2.25. The third-order valence-electron chi connectivity index (χ3n) is 6.46. The van der Waals surface area contributed by atoms with Crippen LogP contribution in [-0.2, 0) is 4.74 Å². The minimum absolute atomic E-state index is 0.180. The van der Waals surface area contributed by atoms with Gasteiger partial charge in [-0.05, 0) is 32.0 Å². The number of hydrogen-bond donors (Lipinski definition) is 2. The summed E-state index contributed by atoms with van der Waals surface area (Å²) in [4.78, 5) is 9.36. The van der Waals surface area contributed by atoms with Crippen LogP contribution in [-0.4, -0.2) is 72.9 Å². The SMILES string of the molecule is CO[C@@H]1CSc2c(-c3ccc(F)cc3F)c(Cl)cc3c2N(C1)C(O)N=C3N1C[C@@H](C)N[C@@H](C)C1. The first-order valence-electron chi connectivity index (χ1n) is 11.3. The Morgan fingerprint density at radius 3 is 2.56 bits per heavy atom. The minimum Gasteiger partial charge on any atom is -0.379 e. The van der Waals surface area contributed by atoms with E-state index in [0.29, 0.717) is 28.7 Å². The highest BCUT2D eigenvalue weighted by Crippen LogP contribution is 2.49. The number of anilines is 1. The first-order chi connectivity index (χ1) is 16.3. The van der Waals surface area contributed by atoms with Gasteiger partial charge in [0.1, 0.15) is 17.5 Å². The van der Waals surface area contributed by atoms with Crippen molar-refractivity contribution >= 4 is 34.9 Å². The van der Waals surface area contributed by atoms with Crippen molar-refractivity contribution in [1.29, 1.82) is 0 Å². The van der Waals surface area contributed by atoms with Crippen molar-refractivity contribution in [2.75, 3.05) is 37.4 Å². The van der Waals surface area contributed by atoms with E-state index in [1.54, 1.807) is 18.1 Å². The average Bonchev–Trinajstić information content (AvgIpc) is 2.97. The smallest absolute Gasteiger partial charge is 0.227 e. The standard InChI is InChI=1S/C24H27ClF2N4O2S/c1-12-8-30(9-13(2)28-12)23-17-7-18(25)20(16-5-4-14(26)6-19(16)27)22-21(17)31(24(32)29-23)10-15(33-3)11-34-22/h4-7,12-13,15,24,28,32H,8-11H2,1-3H3/t12-,13+,15-,24?/m0/s1. The molecule has 0 spiro atoms. The Balaban J connectivity index is 1.72. The lowest BCUT2D eigenvalue weighted by atomic mass is 9.98. The van der Waals surface area contributed by atoms with Crippen molar-refractivity contribution in [2.45, 2.75) is 43.3 Å². The van der Waals surface area contributed by atoms with E-state index >= 15 is 0 Å². The second kappa shape index (κ2) is 9.28. The molecule has 3 aliphatic heterocycles. The molecule has 2 aromatic carbocycles. The number of nitrogens with zero attached hydrogens (tertiary/aromatic N) is 3. The van der Waals surface area contributed by atoms with Gasteiger partial charge >= 0.3 is 0 Å². The maximum Gasteiger partial charge on any atom is 0.227 e. The third kappa shape index (κ3) is 4.18. The first-order valence-corrected chi connectivity index (χ1v) is 12.6. The number of benzene rings is 2. The maximum absolute atomic E-state index is 14.9. The molecule has 0 saturated carbocycles. The average molecular weight is 509 g/mol. The van der Waals surface area contributed by atoms with E-state index in [-0.39, 0.29) is 23.8 Å². The lowest BCUT2D eigenvalue weighted by Gasteiger charge is -2.42. The summed E-state index contributed by atoms with van der Waals surface area (Å²) in [6.07, 6.45) is -1.30. The molecule has 1 fully saturated rings. The molecule has 0 aliphatic carbocycles. The number of nitrogens with one attached hydrogen (secondary N) is 1.